The van der Waals surface area contributed by atoms with Gasteiger partial charge in [-0.15, -0.1) is 0 Å². The van der Waals surface area contributed by atoms with Crippen molar-refractivity contribution in [3.05, 3.63) is 36.5 Å². The van der Waals surface area contributed by atoms with Gasteiger partial charge in [0.25, 0.3) is 0 Å². The molecule has 1 unspecified atom stereocenters. The van der Waals surface area contributed by atoms with Crippen molar-refractivity contribution in [2.45, 2.75) is 70.8 Å². The zero-order chi connectivity index (χ0) is 15.8. The number of aliphatic carboxylic acids is 1. The summed E-state index contributed by atoms with van der Waals surface area (Å²) in [7, 11) is 0. The number of allylic oxidation sites excluding steroid dienone is 6. The molecule has 0 amide bonds. The van der Waals surface area contributed by atoms with Gasteiger partial charge in [-0.05, 0) is 44.9 Å². The molecule has 0 aromatic carbocycles. The Morgan fingerprint density at radius 3 is 1.95 bits per heavy atom. The van der Waals surface area contributed by atoms with Gasteiger partial charge >= 0.3 is 5.97 Å². The van der Waals surface area contributed by atoms with Crippen molar-refractivity contribution in [2.24, 2.45) is 0 Å². The van der Waals surface area contributed by atoms with E-state index in [1.54, 1.807) is 0 Å². The molecule has 0 radical (unpaired) electrons. The molecular formula is C18H30O3. The smallest absolute Gasteiger partial charge is 0.332 e. The summed E-state index contributed by atoms with van der Waals surface area (Å²) in [5.41, 5.74) is 0. The lowest BCUT2D eigenvalue weighted by Gasteiger charge is -2.02. The summed E-state index contributed by atoms with van der Waals surface area (Å²) in [6.45, 7) is 2.22. The van der Waals surface area contributed by atoms with Gasteiger partial charge in [0.15, 0.2) is 6.10 Å². The zero-order valence-electron chi connectivity index (χ0n) is 13.2. The Bertz CT molecular complexity index is 329. The van der Waals surface area contributed by atoms with Crippen LogP contribution < -0.4 is 0 Å². The molecule has 0 saturated carbocycles. The van der Waals surface area contributed by atoms with Crippen LogP contribution in [-0.2, 0) is 4.79 Å². The summed E-state index contributed by atoms with van der Waals surface area (Å²) < 4.78 is 0. The number of carbonyl (C=O) groups is 1. The largest absolute Gasteiger partial charge is 0.479 e. The van der Waals surface area contributed by atoms with E-state index >= 15 is 0 Å². The van der Waals surface area contributed by atoms with E-state index in [1.165, 1.54) is 25.7 Å². The van der Waals surface area contributed by atoms with E-state index in [9.17, 15) is 4.79 Å². The van der Waals surface area contributed by atoms with Crippen molar-refractivity contribution >= 4 is 5.97 Å². The Hall–Kier alpha value is -1.35. The molecule has 0 aliphatic rings. The molecule has 120 valence electrons. The summed E-state index contributed by atoms with van der Waals surface area (Å²) in [6.07, 6.45) is 20.5. The molecule has 0 heterocycles. The van der Waals surface area contributed by atoms with Crippen LogP contribution in [0.1, 0.15) is 64.7 Å². The number of rotatable bonds is 13. The van der Waals surface area contributed by atoms with E-state index in [-0.39, 0.29) is 0 Å². The number of carboxylic acid groups (broad SMARTS) is 1. The van der Waals surface area contributed by atoms with Gasteiger partial charge in [0.05, 0.1) is 0 Å². The van der Waals surface area contributed by atoms with Crippen molar-refractivity contribution in [1.29, 1.82) is 0 Å². The first-order valence-corrected chi connectivity index (χ1v) is 8.04. The molecular weight excluding hydrogens is 264 g/mol. The van der Waals surface area contributed by atoms with Crippen LogP contribution in [0.4, 0.5) is 0 Å². The predicted molar refractivity (Wildman–Crippen MR) is 88.3 cm³/mol. The van der Waals surface area contributed by atoms with Gasteiger partial charge in [0, 0.05) is 0 Å². The highest BCUT2D eigenvalue weighted by Gasteiger charge is 2.10. The third-order valence-electron chi connectivity index (χ3n) is 3.15. The van der Waals surface area contributed by atoms with Gasteiger partial charge in [-0.25, -0.2) is 4.79 Å². The zero-order valence-corrected chi connectivity index (χ0v) is 13.2. The second-order valence-corrected chi connectivity index (χ2v) is 5.17. The number of aliphatic hydroxyl groups excluding tert-OH is 1. The minimum Gasteiger partial charge on any atom is -0.479 e. The van der Waals surface area contributed by atoms with Gasteiger partial charge in [0.1, 0.15) is 0 Å². The fraction of sp³-hybridized carbons (Fsp3) is 0.611. The van der Waals surface area contributed by atoms with Crippen LogP contribution >= 0.6 is 0 Å². The van der Waals surface area contributed by atoms with Crippen LogP contribution in [-0.4, -0.2) is 22.3 Å². The van der Waals surface area contributed by atoms with Crippen molar-refractivity contribution < 1.29 is 15.0 Å². The average Bonchev–Trinajstić information content (AvgIpc) is 2.47. The minimum absolute atomic E-state index is 0.318. The number of unbranched alkanes of at least 4 members (excludes halogenated alkanes) is 4. The average molecular weight is 294 g/mol. The Kier molecular flexibility index (Phi) is 14.1. The maximum atomic E-state index is 10.4. The molecule has 0 aliphatic carbocycles. The van der Waals surface area contributed by atoms with Crippen LogP contribution in [0.5, 0.6) is 0 Å². The van der Waals surface area contributed by atoms with Crippen LogP contribution in [0.2, 0.25) is 0 Å². The summed E-state index contributed by atoms with van der Waals surface area (Å²) in [6, 6.07) is 0. The highest BCUT2D eigenvalue weighted by Crippen LogP contribution is 2.03. The van der Waals surface area contributed by atoms with E-state index < -0.39 is 12.1 Å². The highest BCUT2D eigenvalue weighted by atomic mass is 16.4. The molecule has 0 aromatic heterocycles. The summed E-state index contributed by atoms with van der Waals surface area (Å²) >= 11 is 0. The molecule has 2 N–H and O–H groups in total. The number of carboxylic acids is 1. The van der Waals surface area contributed by atoms with E-state index in [4.69, 9.17) is 10.2 Å². The SMILES string of the molecule is CCCCC/C=C\C/C=C\C/C=C\CCCC(O)C(=O)O. The summed E-state index contributed by atoms with van der Waals surface area (Å²) in [5, 5.41) is 17.6. The van der Waals surface area contributed by atoms with E-state index in [2.05, 4.69) is 37.3 Å². The maximum absolute atomic E-state index is 10.4. The third kappa shape index (κ3) is 14.9. The quantitative estimate of drug-likeness (QED) is 0.384. The lowest BCUT2D eigenvalue weighted by atomic mass is 10.1. The Morgan fingerprint density at radius 1 is 0.905 bits per heavy atom. The molecule has 0 bridgehead atoms. The minimum atomic E-state index is -1.22. The van der Waals surface area contributed by atoms with Crippen molar-refractivity contribution in [3.63, 3.8) is 0 Å². The number of aliphatic hydroxyl groups is 1. The molecule has 0 aliphatic heterocycles. The molecule has 0 saturated heterocycles. The first-order chi connectivity index (χ1) is 10.2. The van der Waals surface area contributed by atoms with Gasteiger partial charge in [-0.1, -0.05) is 56.2 Å². The maximum Gasteiger partial charge on any atom is 0.332 e. The van der Waals surface area contributed by atoms with Gasteiger partial charge in [-0.2, -0.15) is 0 Å². The van der Waals surface area contributed by atoms with Gasteiger partial charge in [-0.3, -0.25) is 0 Å². The molecule has 21 heavy (non-hydrogen) atoms. The van der Waals surface area contributed by atoms with Crippen LogP contribution in [0.25, 0.3) is 0 Å². The summed E-state index contributed by atoms with van der Waals surface area (Å²) in [4.78, 5) is 10.4. The standard InChI is InChI=1S/C18H30O3/c1-2-3-4-5-6-7-8-9-10-11-12-13-14-15-16-17(19)18(20)21/h6-7,9-10,12-13,17,19H,2-5,8,11,14-16H2,1H3,(H,20,21)/b7-6-,10-9-,13-12-. The Balaban J connectivity index is 3.42. The molecule has 3 nitrogen and oxygen atoms in total. The van der Waals surface area contributed by atoms with Crippen LogP contribution in [0.15, 0.2) is 36.5 Å². The highest BCUT2D eigenvalue weighted by molar-refractivity contribution is 5.71. The third-order valence-corrected chi connectivity index (χ3v) is 3.15. The van der Waals surface area contributed by atoms with Crippen LogP contribution in [0.3, 0.4) is 0 Å². The molecule has 1 atom stereocenters. The Morgan fingerprint density at radius 2 is 1.43 bits per heavy atom. The van der Waals surface area contributed by atoms with Crippen molar-refractivity contribution in [3.8, 4) is 0 Å². The first kappa shape index (κ1) is 19.7. The van der Waals surface area contributed by atoms with Gasteiger partial charge < -0.3 is 10.2 Å². The van der Waals surface area contributed by atoms with Crippen LogP contribution in [0, 0.1) is 0 Å². The van der Waals surface area contributed by atoms with Crippen molar-refractivity contribution in [2.75, 3.05) is 0 Å². The molecule has 0 rings (SSSR count). The van der Waals surface area contributed by atoms with E-state index in [1.807, 2.05) is 6.08 Å². The molecule has 0 spiro atoms. The fourth-order valence-electron chi connectivity index (χ4n) is 1.84. The molecule has 0 fully saturated rings. The van der Waals surface area contributed by atoms with Gasteiger partial charge in [0.2, 0.25) is 0 Å². The lowest BCUT2D eigenvalue weighted by Crippen LogP contribution is -2.18. The lowest BCUT2D eigenvalue weighted by molar-refractivity contribution is -0.146. The number of hydrogen-bond acceptors (Lipinski definition) is 2. The first-order valence-electron chi connectivity index (χ1n) is 8.04. The predicted octanol–water partition coefficient (Wildman–Crippen LogP) is 4.63. The van der Waals surface area contributed by atoms with E-state index in [0.717, 1.165) is 19.3 Å². The molecule has 3 heteroatoms. The fourth-order valence-corrected chi connectivity index (χ4v) is 1.84. The Labute approximate surface area is 129 Å². The number of hydrogen-bond donors (Lipinski definition) is 2. The van der Waals surface area contributed by atoms with E-state index in [0.29, 0.717) is 12.8 Å². The second kappa shape index (κ2) is 15.0. The monoisotopic (exact) mass is 294 g/mol. The van der Waals surface area contributed by atoms with Crippen molar-refractivity contribution in [1.82, 2.24) is 0 Å². The summed E-state index contributed by atoms with van der Waals surface area (Å²) in [5.74, 6) is -1.13. The second-order valence-electron chi connectivity index (χ2n) is 5.17. The molecule has 0 aromatic rings. The normalized spacial score (nSPS) is 13.6. The topological polar surface area (TPSA) is 57.5 Å².